The van der Waals surface area contributed by atoms with Gasteiger partial charge < -0.3 is 19.7 Å². The van der Waals surface area contributed by atoms with Crippen molar-refractivity contribution in [3.63, 3.8) is 0 Å². The number of unbranched alkanes of at least 4 members (excludes halogenated alkanes) is 21. The second kappa shape index (κ2) is 30.8. The van der Waals surface area contributed by atoms with E-state index in [1.54, 1.807) is 0 Å². The Labute approximate surface area is 290 Å². The normalized spacial score (nSPS) is 18.3. The van der Waals surface area contributed by atoms with Crippen LogP contribution in [0.3, 0.4) is 0 Å². The average Bonchev–Trinajstić information content (AvgIpc) is 3.05. The number of esters is 2. The Balaban J connectivity index is 2.51. The first-order valence-electron chi connectivity index (χ1n) is 20.4. The van der Waals surface area contributed by atoms with Crippen LogP contribution in [0.4, 0.5) is 0 Å². The molecule has 0 bridgehead atoms. The molecule has 7 heteroatoms. The number of aliphatic hydroxyl groups is 2. The molecule has 4 atom stereocenters. The van der Waals surface area contributed by atoms with E-state index >= 15 is 0 Å². The quantitative estimate of drug-likeness (QED) is 0.0531. The number of ether oxygens (including phenoxy) is 2. The topological polar surface area (TPSA) is 96.3 Å². The van der Waals surface area contributed by atoms with Gasteiger partial charge in [0.25, 0.3) is 0 Å². The highest BCUT2D eigenvalue weighted by molar-refractivity contribution is 5.83. The van der Waals surface area contributed by atoms with Crippen molar-refractivity contribution in [2.45, 2.75) is 225 Å². The predicted molar refractivity (Wildman–Crippen MR) is 195 cm³/mol. The lowest BCUT2D eigenvalue weighted by atomic mass is 10.0. The Morgan fingerprint density at radius 2 is 1.11 bits per heavy atom. The van der Waals surface area contributed by atoms with Gasteiger partial charge in [0.1, 0.15) is 18.8 Å². The van der Waals surface area contributed by atoms with Crippen molar-refractivity contribution >= 4 is 11.9 Å². The molecule has 0 radical (unpaired) electrons. The van der Waals surface area contributed by atoms with Gasteiger partial charge in [0.2, 0.25) is 0 Å². The van der Waals surface area contributed by atoms with E-state index in [2.05, 4.69) is 20.8 Å². The van der Waals surface area contributed by atoms with Gasteiger partial charge in [-0.2, -0.15) is 0 Å². The molecule has 0 aromatic rings. The molecule has 4 unspecified atom stereocenters. The number of carbonyl (C=O) groups excluding carboxylic acids is 2. The molecule has 1 aliphatic heterocycles. The van der Waals surface area contributed by atoms with Gasteiger partial charge in [-0.25, -0.2) is 0 Å². The van der Waals surface area contributed by atoms with Gasteiger partial charge in [-0.05, 0) is 25.7 Å². The second-order valence-corrected chi connectivity index (χ2v) is 14.5. The standard InChI is InChI=1S/C40H77NO6/c1-4-7-10-13-16-19-22-25-28-35(42)32-41-33-37(30-27-24-21-18-15-12-9-6-3)47-40(45)38(41)31-39(44)46-34-36(43)29-26-23-20-17-14-11-8-5-2/h35-38,42-43H,4-34H2,1-3H3. The molecule has 1 saturated heterocycles. The molecular formula is C40H77NO6. The summed E-state index contributed by atoms with van der Waals surface area (Å²) in [6, 6.07) is -0.754. The van der Waals surface area contributed by atoms with Gasteiger partial charge in [0.05, 0.1) is 18.6 Å². The van der Waals surface area contributed by atoms with Crippen LogP contribution in [-0.2, 0) is 19.1 Å². The smallest absolute Gasteiger partial charge is 0.324 e. The van der Waals surface area contributed by atoms with Crippen LogP contribution < -0.4 is 0 Å². The maximum atomic E-state index is 13.2. The number of hydrogen-bond donors (Lipinski definition) is 2. The number of nitrogens with zero attached hydrogens (tertiary/aromatic N) is 1. The first kappa shape index (κ1) is 43.8. The van der Waals surface area contributed by atoms with Gasteiger partial charge in [-0.1, -0.05) is 168 Å². The van der Waals surface area contributed by atoms with Crippen molar-refractivity contribution in [3.05, 3.63) is 0 Å². The van der Waals surface area contributed by atoms with Gasteiger partial charge in [0.15, 0.2) is 0 Å². The fourth-order valence-electron chi connectivity index (χ4n) is 6.77. The van der Waals surface area contributed by atoms with E-state index in [1.165, 1.54) is 116 Å². The van der Waals surface area contributed by atoms with Gasteiger partial charge in [-0.3, -0.25) is 14.5 Å². The van der Waals surface area contributed by atoms with Crippen molar-refractivity contribution in [3.8, 4) is 0 Å². The lowest BCUT2D eigenvalue weighted by Gasteiger charge is -2.39. The number of hydrogen-bond acceptors (Lipinski definition) is 7. The summed E-state index contributed by atoms with van der Waals surface area (Å²) in [6.07, 6.45) is 29.7. The lowest BCUT2D eigenvalue weighted by Crippen LogP contribution is -2.55. The highest BCUT2D eigenvalue weighted by Gasteiger charge is 2.38. The molecule has 0 aromatic heterocycles. The Bertz CT molecular complexity index is 732. The van der Waals surface area contributed by atoms with Crippen LogP contribution in [0.5, 0.6) is 0 Å². The van der Waals surface area contributed by atoms with Crippen LogP contribution in [0.15, 0.2) is 0 Å². The molecule has 1 rings (SSSR count). The molecule has 47 heavy (non-hydrogen) atoms. The third-order valence-corrected chi connectivity index (χ3v) is 9.84. The number of aliphatic hydroxyl groups excluding tert-OH is 2. The predicted octanol–water partition coefficient (Wildman–Crippen LogP) is 9.83. The fourth-order valence-corrected chi connectivity index (χ4v) is 6.77. The maximum absolute atomic E-state index is 13.2. The minimum Gasteiger partial charge on any atom is -0.463 e. The zero-order valence-corrected chi connectivity index (χ0v) is 31.2. The summed E-state index contributed by atoms with van der Waals surface area (Å²) < 4.78 is 11.3. The third kappa shape index (κ3) is 24.6. The molecule has 1 fully saturated rings. The molecule has 0 saturated carbocycles. The van der Waals surface area contributed by atoms with Crippen LogP contribution in [0.2, 0.25) is 0 Å². The molecule has 0 spiro atoms. The zero-order valence-electron chi connectivity index (χ0n) is 31.2. The van der Waals surface area contributed by atoms with Crippen molar-refractivity contribution in [1.82, 2.24) is 4.90 Å². The van der Waals surface area contributed by atoms with Crippen molar-refractivity contribution in [2.75, 3.05) is 19.7 Å². The number of rotatable bonds is 33. The highest BCUT2D eigenvalue weighted by atomic mass is 16.6. The van der Waals surface area contributed by atoms with Crippen molar-refractivity contribution in [1.29, 1.82) is 0 Å². The lowest BCUT2D eigenvalue weighted by molar-refractivity contribution is -0.172. The highest BCUT2D eigenvalue weighted by Crippen LogP contribution is 2.23. The van der Waals surface area contributed by atoms with E-state index in [1.807, 2.05) is 4.90 Å². The molecule has 278 valence electrons. The SMILES string of the molecule is CCCCCCCCCCC(O)COC(=O)CC1C(=O)OC(CCCCCCCCCC)CN1CC(O)CCCCCCCCCC. The molecule has 0 amide bonds. The van der Waals surface area contributed by atoms with E-state index in [0.29, 0.717) is 25.9 Å². The van der Waals surface area contributed by atoms with Crippen LogP contribution in [0.25, 0.3) is 0 Å². The Morgan fingerprint density at radius 1 is 0.681 bits per heavy atom. The summed E-state index contributed by atoms with van der Waals surface area (Å²) in [6.45, 7) is 7.55. The summed E-state index contributed by atoms with van der Waals surface area (Å²) in [4.78, 5) is 28.0. The molecule has 0 aliphatic carbocycles. The van der Waals surface area contributed by atoms with Crippen molar-refractivity contribution in [2.24, 2.45) is 0 Å². The summed E-state index contributed by atoms with van der Waals surface area (Å²) in [7, 11) is 0. The van der Waals surface area contributed by atoms with Gasteiger partial charge in [-0.15, -0.1) is 0 Å². The Morgan fingerprint density at radius 3 is 1.60 bits per heavy atom. The van der Waals surface area contributed by atoms with Gasteiger partial charge >= 0.3 is 11.9 Å². The molecular weight excluding hydrogens is 590 g/mol. The summed E-state index contributed by atoms with van der Waals surface area (Å²) in [5.74, 6) is -0.887. The molecule has 2 N–H and O–H groups in total. The van der Waals surface area contributed by atoms with E-state index in [-0.39, 0.29) is 19.1 Å². The Kier molecular flexibility index (Phi) is 28.8. The second-order valence-electron chi connectivity index (χ2n) is 14.5. The monoisotopic (exact) mass is 668 g/mol. The first-order valence-corrected chi connectivity index (χ1v) is 20.4. The molecule has 7 nitrogen and oxygen atoms in total. The Hall–Kier alpha value is -1.18. The summed E-state index contributed by atoms with van der Waals surface area (Å²) in [5, 5.41) is 21.3. The molecule has 1 aliphatic rings. The van der Waals surface area contributed by atoms with E-state index in [9.17, 15) is 19.8 Å². The average molecular weight is 668 g/mol. The van der Waals surface area contributed by atoms with Crippen LogP contribution in [0, 0.1) is 0 Å². The minimum atomic E-state index is -0.754. The molecule has 1 heterocycles. The minimum absolute atomic E-state index is 0.0424. The van der Waals surface area contributed by atoms with Crippen molar-refractivity contribution < 1.29 is 29.3 Å². The summed E-state index contributed by atoms with van der Waals surface area (Å²) in [5.41, 5.74) is 0. The first-order chi connectivity index (χ1) is 22.9. The van der Waals surface area contributed by atoms with Gasteiger partial charge in [0, 0.05) is 13.1 Å². The maximum Gasteiger partial charge on any atom is 0.324 e. The summed E-state index contributed by atoms with van der Waals surface area (Å²) >= 11 is 0. The number of β-amino-alcohol motifs (C(OH)–C–C–N with tert-alkyl or cyclic N) is 1. The van der Waals surface area contributed by atoms with E-state index in [4.69, 9.17) is 9.47 Å². The number of carbonyl (C=O) groups is 2. The molecule has 0 aromatic carbocycles. The van der Waals surface area contributed by atoms with Crippen LogP contribution in [-0.4, -0.2) is 71.1 Å². The largest absolute Gasteiger partial charge is 0.463 e. The van der Waals surface area contributed by atoms with Crippen LogP contribution in [0.1, 0.15) is 201 Å². The number of morpholine rings is 1. The fraction of sp³-hybridized carbons (Fsp3) is 0.950. The van der Waals surface area contributed by atoms with E-state index in [0.717, 1.165) is 44.9 Å². The zero-order chi connectivity index (χ0) is 34.4. The van der Waals surface area contributed by atoms with Crippen LogP contribution >= 0.6 is 0 Å². The third-order valence-electron chi connectivity index (χ3n) is 9.84. The van der Waals surface area contributed by atoms with E-state index < -0.39 is 30.2 Å². The number of cyclic esters (lactones) is 1.